The van der Waals surface area contributed by atoms with E-state index in [9.17, 15) is 4.79 Å². The number of anilines is 2. The van der Waals surface area contributed by atoms with Gasteiger partial charge in [0.15, 0.2) is 0 Å². The van der Waals surface area contributed by atoms with Gasteiger partial charge in [0, 0.05) is 5.02 Å². The first-order valence-electron chi connectivity index (χ1n) is 5.23. The third kappa shape index (κ3) is 3.21. The molecular weight excluding hydrogens is 353 g/mol. The van der Waals surface area contributed by atoms with Crippen LogP contribution in [0.1, 0.15) is 10.4 Å². The molecule has 0 spiro atoms. The summed E-state index contributed by atoms with van der Waals surface area (Å²) >= 11 is 15.1. The number of carboxylic acid groups (broad SMARTS) is 1. The van der Waals surface area contributed by atoms with E-state index in [-0.39, 0.29) is 5.56 Å². The van der Waals surface area contributed by atoms with Crippen LogP contribution in [0.25, 0.3) is 0 Å². The Hall–Kier alpha value is -1.23. The fourth-order valence-corrected chi connectivity index (χ4v) is 2.26. The van der Waals surface area contributed by atoms with E-state index in [1.807, 2.05) is 0 Å². The molecule has 0 saturated heterocycles. The van der Waals surface area contributed by atoms with Gasteiger partial charge in [-0.05, 0) is 46.3 Å². The van der Waals surface area contributed by atoms with Gasteiger partial charge in [-0.3, -0.25) is 0 Å². The molecule has 0 aromatic heterocycles. The first kappa shape index (κ1) is 14.2. The highest BCUT2D eigenvalue weighted by atomic mass is 79.9. The Balaban J connectivity index is 2.44. The number of benzene rings is 2. The molecule has 0 aliphatic rings. The molecule has 2 aromatic carbocycles. The maximum atomic E-state index is 11.2. The SMILES string of the molecule is O=C(O)c1cc(Cl)ccc1Nc1cccc(Cl)c1Br. The lowest BCUT2D eigenvalue weighted by molar-refractivity contribution is 0.0698. The molecule has 0 amide bonds. The number of carboxylic acids is 1. The van der Waals surface area contributed by atoms with Crippen molar-refractivity contribution < 1.29 is 9.90 Å². The van der Waals surface area contributed by atoms with Gasteiger partial charge in [-0.25, -0.2) is 4.79 Å². The van der Waals surface area contributed by atoms with Crippen LogP contribution in [-0.2, 0) is 0 Å². The van der Waals surface area contributed by atoms with Crippen molar-refractivity contribution in [2.45, 2.75) is 0 Å². The molecule has 0 aliphatic carbocycles. The smallest absolute Gasteiger partial charge is 0.337 e. The van der Waals surface area contributed by atoms with Crippen LogP contribution in [0.3, 0.4) is 0 Å². The zero-order valence-electron chi connectivity index (χ0n) is 9.45. The summed E-state index contributed by atoms with van der Waals surface area (Å²) in [7, 11) is 0. The van der Waals surface area contributed by atoms with E-state index >= 15 is 0 Å². The van der Waals surface area contributed by atoms with Crippen molar-refractivity contribution in [1.29, 1.82) is 0 Å². The summed E-state index contributed by atoms with van der Waals surface area (Å²) in [6, 6.07) is 9.91. The predicted molar refractivity (Wildman–Crippen MR) is 80.8 cm³/mol. The van der Waals surface area contributed by atoms with Gasteiger partial charge in [0.1, 0.15) is 0 Å². The molecule has 0 unspecified atom stereocenters. The molecule has 0 fully saturated rings. The second kappa shape index (κ2) is 5.82. The van der Waals surface area contributed by atoms with Gasteiger partial charge in [0.2, 0.25) is 0 Å². The molecule has 6 heteroatoms. The van der Waals surface area contributed by atoms with Crippen molar-refractivity contribution in [1.82, 2.24) is 0 Å². The highest BCUT2D eigenvalue weighted by Gasteiger charge is 2.12. The zero-order valence-corrected chi connectivity index (χ0v) is 12.6. The van der Waals surface area contributed by atoms with Crippen LogP contribution in [0.4, 0.5) is 11.4 Å². The minimum Gasteiger partial charge on any atom is -0.478 e. The van der Waals surface area contributed by atoms with Gasteiger partial charge < -0.3 is 10.4 Å². The van der Waals surface area contributed by atoms with Crippen molar-refractivity contribution in [3.63, 3.8) is 0 Å². The minimum absolute atomic E-state index is 0.0966. The van der Waals surface area contributed by atoms with Crippen molar-refractivity contribution in [3.05, 3.63) is 56.5 Å². The standard InChI is InChI=1S/C13H8BrCl2NO2/c14-12-9(16)2-1-3-11(12)17-10-5-4-7(15)6-8(10)13(18)19/h1-6,17H,(H,18,19). The summed E-state index contributed by atoms with van der Waals surface area (Å²) in [5.74, 6) is -1.05. The van der Waals surface area contributed by atoms with Crippen LogP contribution in [0.5, 0.6) is 0 Å². The summed E-state index contributed by atoms with van der Waals surface area (Å²) in [4.78, 5) is 11.2. The van der Waals surface area contributed by atoms with Crippen molar-refractivity contribution in [2.75, 3.05) is 5.32 Å². The highest BCUT2D eigenvalue weighted by molar-refractivity contribution is 9.10. The van der Waals surface area contributed by atoms with E-state index in [0.717, 1.165) is 0 Å². The Morgan fingerprint density at radius 1 is 1.16 bits per heavy atom. The normalized spacial score (nSPS) is 10.3. The van der Waals surface area contributed by atoms with Crippen molar-refractivity contribution in [3.8, 4) is 0 Å². The average Bonchev–Trinajstić information content (AvgIpc) is 2.36. The molecule has 2 rings (SSSR count). The minimum atomic E-state index is -1.05. The summed E-state index contributed by atoms with van der Waals surface area (Å²) < 4.78 is 0.669. The Bertz CT molecular complexity index is 647. The summed E-state index contributed by atoms with van der Waals surface area (Å²) in [6.45, 7) is 0. The molecule has 0 atom stereocenters. The fraction of sp³-hybridized carbons (Fsp3) is 0. The second-order valence-corrected chi connectivity index (χ2v) is 5.36. The third-order valence-corrected chi connectivity index (χ3v) is 4.07. The molecule has 3 nitrogen and oxygen atoms in total. The first-order chi connectivity index (χ1) is 8.99. The number of hydrogen-bond donors (Lipinski definition) is 2. The summed E-state index contributed by atoms with van der Waals surface area (Å²) in [5.41, 5.74) is 1.22. The van der Waals surface area contributed by atoms with Gasteiger partial charge in [-0.15, -0.1) is 0 Å². The topological polar surface area (TPSA) is 49.3 Å². The molecule has 0 heterocycles. The van der Waals surface area contributed by atoms with Crippen LogP contribution >= 0.6 is 39.1 Å². The molecular formula is C13H8BrCl2NO2. The van der Waals surface area contributed by atoms with E-state index in [2.05, 4.69) is 21.2 Å². The van der Waals surface area contributed by atoms with E-state index in [0.29, 0.717) is 25.9 Å². The number of aromatic carboxylic acids is 1. The van der Waals surface area contributed by atoms with Crippen LogP contribution < -0.4 is 5.32 Å². The number of nitrogens with one attached hydrogen (secondary N) is 1. The maximum Gasteiger partial charge on any atom is 0.337 e. The lowest BCUT2D eigenvalue weighted by Gasteiger charge is -2.12. The summed E-state index contributed by atoms with van der Waals surface area (Å²) in [6.07, 6.45) is 0. The van der Waals surface area contributed by atoms with Gasteiger partial charge in [-0.1, -0.05) is 29.3 Å². The summed E-state index contributed by atoms with van der Waals surface area (Å²) in [5, 5.41) is 13.1. The highest BCUT2D eigenvalue weighted by Crippen LogP contribution is 2.33. The quantitative estimate of drug-likeness (QED) is 0.791. The van der Waals surface area contributed by atoms with Crippen LogP contribution in [0.2, 0.25) is 10.0 Å². The molecule has 0 bridgehead atoms. The number of rotatable bonds is 3. The molecule has 2 N–H and O–H groups in total. The average molecular weight is 361 g/mol. The Kier molecular flexibility index (Phi) is 4.34. The van der Waals surface area contributed by atoms with Crippen molar-refractivity contribution in [2.24, 2.45) is 0 Å². The number of halogens is 3. The molecule has 98 valence electrons. The van der Waals surface area contributed by atoms with Crippen LogP contribution in [-0.4, -0.2) is 11.1 Å². The first-order valence-corrected chi connectivity index (χ1v) is 6.78. The number of hydrogen-bond acceptors (Lipinski definition) is 2. The Morgan fingerprint density at radius 3 is 2.58 bits per heavy atom. The van der Waals surface area contributed by atoms with Crippen molar-refractivity contribution >= 4 is 56.5 Å². The molecule has 2 aromatic rings. The van der Waals surface area contributed by atoms with Gasteiger partial charge >= 0.3 is 5.97 Å². The molecule has 0 saturated carbocycles. The van der Waals surface area contributed by atoms with Gasteiger partial charge in [0.25, 0.3) is 0 Å². The van der Waals surface area contributed by atoms with E-state index in [1.165, 1.54) is 6.07 Å². The molecule has 0 radical (unpaired) electrons. The van der Waals surface area contributed by atoms with E-state index in [4.69, 9.17) is 28.3 Å². The van der Waals surface area contributed by atoms with Crippen LogP contribution in [0.15, 0.2) is 40.9 Å². The molecule has 0 aliphatic heterocycles. The predicted octanol–water partition coefficient (Wildman–Crippen LogP) is 5.20. The fourth-order valence-electron chi connectivity index (χ4n) is 1.55. The zero-order chi connectivity index (χ0) is 14.0. The van der Waals surface area contributed by atoms with Gasteiger partial charge in [0.05, 0.1) is 26.4 Å². The lowest BCUT2D eigenvalue weighted by Crippen LogP contribution is -2.03. The second-order valence-electron chi connectivity index (χ2n) is 3.72. The van der Waals surface area contributed by atoms with Gasteiger partial charge in [-0.2, -0.15) is 0 Å². The maximum absolute atomic E-state index is 11.2. The Morgan fingerprint density at radius 2 is 1.89 bits per heavy atom. The van der Waals surface area contributed by atoms with Crippen LogP contribution in [0, 0.1) is 0 Å². The monoisotopic (exact) mass is 359 g/mol. The Labute approximate surface area is 128 Å². The largest absolute Gasteiger partial charge is 0.478 e. The lowest BCUT2D eigenvalue weighted by atomic mass is 10.1. The van der Waals surface area contributed by atoms with E-state index < -0.39 is 5.97 Å². The van der Waals surface area contributed by atoms with E-state index in [1.54, 1.807) is 30.3 Å². The number of carbonyl (C=O) groups is 1. The third-order valence-electron chi connectivity index (χ3n) is 2.43. The molecule has 19 heavy (non-hydrogen) atoms.